The van der Waals surface area contributed by atoms with Crippen molar-refractivity contribution >= 4 is 5.69 Å². The molecule has 78 valence electrons. The van der Waals surface area contributed by atoms with E-state index in [0.29, 0.717) is 5.92 Å². The Kier molecular flexibility index (Phi) is 3.96. The molecule has 1 atom stereocenters. The minimum absolute atomic E-state index is 0.227. The summed E-state index contributed by atoms with van der Waals surface area (Å²) in [4.78, 5) is 0. The molecular weight excluding hydrogens is 174 g/mol. The number of benzene rings is 1. The molecule has 2 nitrogen and oxygen atoms in total. The highest BCUT2D eigenvalue weighted by molar-refractivity contribution is 5.46. The minimum Gasteiger partial charge on any atom is -0.399 e. The first-order valence-corrected chi connectivity index (χ1v) is 5.12. The van der Waals surface area contributed by atoms with E-state index in [2.05, 4.69) is 0 Å². The molecule has 0 bridgehead atoms. The first kappa shape index (κ1) is 11.1. The van der Waals surface area contributed by atoms with E-state index in [1.165, 1.54) is 0 Å². The van der Waals surface area contributed by atoms with E-state index in [0.717, 1.165) is 24.1 Å². The summed E-state index contributed by atoms with van der Waals surface area (Å²) in [6.07, 6.45) is 1.41. The molecule has 3 N–H and O–H groups in total. The molecule has 2 heteroatoms. The van der Waals surface area contributed by atoms with Crippen molar-refractivity contribution in [1.29, 1.82) is 0 Å². The van der Waals surface area contributed by atoms with Crippen LogP contribution in [-0.4, -0.2) is 11.2 Å². The van der Waals surface area contributed by atoms with E-state index >= 15 is 0 Å². The molecule has 1 rings (SSSR count). The Morgan fingerprint density at radius 2 is 1.93 bits per heavy atom. The van der Waals surface area contributed by atoms with Gasteiger partial charge in [0, 0.05) is 5.69 Å². The number of aliphatic hydroxyl groups is 1. The Bertz CT molecular complexity index is 283. The molecule has 0 fully saturated rings. The predicted octanol–water partition coefficient (Wildman–Crippen LogP) is 2.22. The van der Waals surface area contributed by atoms with Crippen LogP contribution in [0.4, 0.5) is 5.69 Å². The van der Waals surface area contributed by atoms with E-state index in [-0.39, 0.29) is 6.10 Å². The second kappa shape index (κ2) is 5.01. The minimum atomic E-state index is -0.227. The van der Waals surface area contributed by atoms with Crippen LogP contribution in [0.15, 0.2) is 24.3 Å². The fourth-order valence-corrected chi connectivity index (χ4v) is 1.40. The third-order valence-corrected chi connectivity index (χ3v) is 2.53. The van der Waals surface area contributed by atoms with Crippen molar-refractivity contribution in [1.82, 2.24) is 0 Å². The second-order valence-corrected chi connectivity index (χ2v) is 4.05. The van der Waals surface area contributed by atoms with Crippen molar-refractivity contribution in [2.75, 3.05) is 5.73 Å². The van der Waals surface area contributed by atoms with Crippen molar-refractivity contribution in [3.8, 4) is 0 Å². The number of nitrogens with two attached hydrogens (primary N) is 1. The van der Waals surface area contributed by atoms with Crippen molar-refractivity contribution in [2.24, 2.45) is 5.92 Å². The lowest BCUT2D eigenvalue weighted by Gasteiger charge is -2.14. The number of nitrogen functional groups attached to an aromatic ring is 1. The van der Waals surface area contributed by atoms with Gasteiger partial charge in [0.25, 0.3) is 0 Å². The highest BCUT2D eigenvalue weighted by Gasteiger charge is 2.09. The van der Waals surface area contributed by atoms with Crippen LogP contribution in [-0.2, 0) is 6.42 Å². The van der Waals surface area contributed by atoms with Gasteiger partial charge in [0.2, 0.25) is 0 Å². The Balaban J connectivity index is 2.50. The molecule has 0 saturated carbocycles. The lowest BCUT2D eigenvalue weighted by Crippen LogP contribution is -2.15. The predicted molar refractivity (Wildman–Crippen MR) is 60.0 cm³/mol. The van der Waals surface area contributed by atoms with Gasteiger partial charge in [-0.05, 0) is 30.4 Å². The molecule has 0 aliphatic rings. The van der Waals surface area contributed by atoms with Gasteiger partial charge in [-0.1, -0.05) is 32.0 Å². The van der Waals surface area contributed by atoms with Crippen LogP contribution >= 0.6 is 0 Å². The second-order valence-electron chi connectivity index (χ2n) is 4.05. The Labute approximate surface area is 85.8 Å². The summed E-state index contributed by atoms with van der Waals surface area (Å²) in [6.45, 7) is 4.05. The molecular formula is C12H19NO. The largest absolute Gasteiger partial charge is 0.399 e. The molecule has 0 unspecified atom stereocenters. The van der Waals surface area contributed by atoms with Gasteiger partial charge in [-0.3, -0.25) is 0 Å². The van der Waals surface area contributed by atoms with Crippen LogP contribution in [0.5, 0.6) is 0 Å². The number of aliphatic hydroxyl groups excluding tert-OH is 1. The maximum Gasteiger partial charge on any atom is 0.0566 e. The van der Waals surface area contributed by atoms with E-state index in [9.17, 15) is 5.11 Å². The summed E-state index contributed by atoms with van der Waals surface area (Å²) in [5.74, 6) is 0.319. The van der Waals surface area contributed by atoms with E-state index in [1.807, 2.05) is 38.1 Å². The quantitative estimate of drug-likeness (QED) is 0.720. The van der Waals surface area contributed by atoms with Crippen molar-refractivity contribution in [2.45, 2.75) is 32.8 Å². The lowest BCUT2D eigenvalue weighted by atomic mass is 9.99. The molecule has 1 aromatic rings. The fourth-order valence-electron chi connectivity index (χ4n) is 1.40. The summed E-state index contributed by atoms with van der Waals surface area (Å²) >= 11 is 0. The standard InChI is InChI=1S/C12H19NO/c1-9(2)12(14)8-7-10-5-3-4-6-11(10)13/h3-6,9,12,14H,7-8,13H2,1-2H3/t12-/m1/s1. The van der Waals surface area contributed by atoms with Crippen LogP contribution in [0.2, 0.25) is 0 Å². The van der Waals surface area contributed by atoms with Gasteiger partial charge < -0.3 is 10.8 Å². The molecule has 1 aromatic carbocycles. The molecule has 0 aliphatic heterocycles. The zero-order valence-electron chi connectivity index (χ0n) is 8.90. The first-order chi connectivity index (χ1) is 6.61. The number of hydrogen-bond donors (Lipinski definition) is 2. The Morgan fingerprint density at radius 1 is 1.29 bits per heavy atom. The van der Waals surface area contributed by atoms with Crippen LogP contribution < -0.4 is 5.73 Å². The lowest BCUT2D eigenvalue weighted by molar-refractivity contribution is 0.116. The molecule has 0 aliphatic carbocycles. The average Bonchev–Trinajstić information content (AvgIpc) is 2.16. The van der Waals surface area contributed by atoms with Gasteiger partial charge in [0.1, 0.15) is 0 Å². The van der Waals surface area contributed by atoms with Crippen LogP contribution in [0.25, 0.3) is 0 Å². The fraction of sp³-hybridized carbons (Fsp3) is 0.500. The third kappa shape index (κ3) is 3.04. The normalized spacial score (nSPS) is 13.1. The van der Waals surface area contributed by atoms with E-state index < -0.39 is 0 Å². The Morgan fingerprint density at radius 3 is 2.50 bits per heavy atom. The third-order valence-electron chi connectivity index (χ3n) is 2.53. The monoisotopic (exact) mass is 193 g/mol. The van der Waals surface area contributed by atoms with Crippen molar-refractivity contribution < 1.29 is 5.11 Å². The van der Waals surface area contributed by atoms with Crippen LogP contribution in [0.3, 0.4) is 0 Å². The number of hydrogen-bond acceptors (Lipinski definition) is 2. The molecule has 0 heterocycles. The van der Waals surface area contributed by atoms with Gasteiger partial charge in [-0.25, -0.2) is 0 Å². The summed E-state index contributed by atoms with van der Waals surface area (Å²) in [6, 6.07) is 7.82. The van der Waals surface area contributed by atoms with Gasteiger partial charge in [-0.15, -0.1) is 0 Å². The van der Waals surface area contributed by atoms with Gasteiger partial charge in [0.15, 0.2) is 0 Å². The summed E-state index contributed by atoms with van der Waals surface area (Å²) in [5.41, 5.74) is 7.76. The zero-order chi connectivity index (χ0) is 10.6. The Hall–Kier alpha value is -1.02. The number of anilines is 1. The number of para-hydroxylation sites is 1. The molecule has 0 amide bonds. The molecule has 0 aromatic heterocycles. The summed E-state index contributed by atoms with van der Waals surface area (Å²) in [5, 5.41) is 9.64. The topological polar surface area (TPSA) is 46.2 Å². The molecule has 0 saturated heterocycles. The highest BCUT2D eigenvalue weighted by atomic mass is 16.3. The maximum atomic E-state index is 9.64. The molecule has 14 heavy (non-hydrogen) atoms. The molecule has 0 radical (unpaired) electrons. The van der Waals surface area contributed by atoms with Gasteiger partial charge >= 0.3 is 0 Å². The maximum absolute atomic E-state index is 9.64. The van der Waals surface area contributed by atoms with E-state index in [4.69, 9.17) is 5.73 Å². The highest BCUT2D eigenvalue weighted by Crippen LogP contribution is 2.15. The SMILES string of the molecule is CC(C)[C@H](O)CCc1ccccc1N. The van der Waals surface area contributed by atoms with Crippen LogP contribution in [0.1, 0.15) is 25.8 Å². The average molecular weight is 193 g/mol. The van der Waals surface area contributed by atoms with Crippen molar-refractivity contribution in [3.63, 3.8) is 0 Å². The van der Waals surface area contributed by atoms with E-state index in [1.54, 1.807) is 0 Å². The number of rotatable bonds is 4. The first-order valence-electron chi connectivity index (χ1n) is 5.12. The van der Waals surface area contributed by atoms with Crippen molar-refractivity contribution in [3.05, 3.63) is 29.8 Å². The zero-order valence-corrected chi connectivity index (χ0v) is 8.90. The molecule has 0 spiro atoms. The van der Waals surface area contributed by atoms with Gasteiger partial charge in [-0.2, -0.15) is 0 Å². The number of aryl methyl sites for hydroxylation is 1. The summed E-state index contributed by atoms with van der Waals surface area (Å²) in [7, 11) is 0. The van der Waals surface area contributed by atoms with Gasteiger partial charge in [0.05, 0.1) is 6.10 Å². The summed E-state index contributed by atoms with van der Waals surface area (Å²) < 4.78 is 0. The smallest absolute Gasteiger partial charge is 0.0566 e. The van der Waals surface area contributed by atoms with Crippen LogP contribution in [0, 0.1) is 5.92 Å².